The number of aryl methyl sites for hydroxylation is 1. The van der Waals surface area contributed by atoms with Crippen LogP contribution in [0.2, 0.25) is 0 Å². The van der Waals surface area contributed by atoms with Crippen LogP contribution in [-0.4, -0.2) is 24.8 Å². The van der Waals surface area contributed by atoms with Crippen LogP contribution in [0, 0.1) is 0 Å². The number of benzene rings is 2. The predicted molar refractivity (Wildman–Crippen MR) is 112 cm³/mol. The number of hydrazine groups is 1. The van der Waals surface area contributed by atoms with Crippen molar-refractivity contribution >= 4 is 37.6 Å². The Morgan fingerprint density at radius 2 is 1.66 bits per heavy atom. The number of nitrogens with one attached hydrogen (secondary N) is 2. The molecule has 150 valence electrons. The third-order valence-electron chi connectivity index (χ3n) is 4.14. The molecule has 0 saturated heterocycles. The Bertz CT molecular complexity index is 1160. The first-order valence-electron chi connectivity index (χ1n) is 8.55. The molecule has 0 atom stereocenters. The molecule has 0 aliphatic carbocycles. The van der Waals surface area contributed by atoms with Crippen molar-refractivity contribution in [2.24, 2.45) is 7.05 Å². The van der Waals surface area contributed by atoms with E-state index in [-0.39, 0.29) is 16.2 Å². The van der Waals surface area contributed by atoms with Crippen LogP contribution in [0.25, 0.3) is 0 Å². The number of amides is 2. The fourth-order valence-corrected chi connectivity index (χ4v) is 4.61. The van der Waals surface area contributed by atoms with Gasteiger partial charge in [-0.1, -0.05) is 30.3 Å². The Balaban J connectivity index is 1.68. The third-order valence-corrected chi connectivity index (χ3v) is 6.28. The zero-order chi connectivity index (χ0) is 21.0. The van der Waals surface area contributed by atoms with E-state index in [1.165, 1.54) is 18.2 Å². The fraction of sp³-hybridized carbons (Fsp3) is 0.100. The van der Waals surface area contributed by atoms with Gasteiger partial charge in [-0.3, -0.25) is 20.4 Å². The first kappa shape index (κ1) is 20.8. The standard InChI is InChI=1S/C20H18BrN3O4S/c1-24-12-16(21)11-18(24)20(26)23-22-19(25)15-7-5-6-14(10-15)13-29(27,28)17-8-3-2-4-9-17/h2-12H,13H2,1H3,(H,22,25)(H,23,26). The number of aromatic nitrogens is 1. The van der Waals surface area contributed by atoms with Crippen molar-refractivity contribution in [3.63, 3.8) is 0 Å². The number of carbonyl (C=O) groups is 2. The van der Waals surface area contributed by atoms with Crippen molar-refractivity contribution in [1.82, 2.24) is 15.4 Å². The van der Waals surface area contributed by atoms with Gasteiger partial charge in [-0.2, -0.15) is 0 Å². The SMILES string of the molecule is Cn1cc(Br)cc1C(=O)NNC(=O)c1cccc(CS(=O)(=O)c2ccccc2)c1. The Hall–Kier alpha value is -2.91. The van der Waals surface area contributed by atoms with Crippen molar-refractivity contribution in [3.8, 4) is 0 Å². The number of carbonyl (C=O) groups excluding carboxylic acids is 2. The van der Waals surface area contributed by atoms with Crippen molar-refractivity contribution in [1.29, 1.82) is 0 Å². The number of hydrogen-bond acceptors (Lipinski definition) is 4. The molecule has 2 amide bonds. The summed E-state index contributed by atoms with van der Waals surface area (Å²) < 4.78 is 27.4. The number of hydrogen-bond donors (Lipinski definition) is 2. The lowest BCUT2D eigenvalue weighted by Gasteiger charge is -2.09. The van der Waals surface area contributed by atoms with Crippen LogP contribution in [0.5, 0.6) is 0 Å². The van der Waals surface area contributed by atoms with E-state index in [0.29, 0.717) is 11.3 Å². The molecule has 0 unspecified atom stereocenters. The highest BCUT2D eigenvalue weighted by Crippen LogP contribution is 2.17. The smallest absolute Gasteiger partial charge is 0.286 e. The average Bonchev–Trinajstić information content (AvgIpc) is 3.04. The van der Waals surface area contributed by atoms with Crippen LogP contribution in [0.15, 0.2) is 76.2 Å². The highest BCUT2D eigenvalue weighted by atomic mass is 79.9. The van der Waals surface area contributed by atoms with Crippen LogP contribution in [0.1, 0.15) is 26.4 Å². The van der Waals surface area contributed by atoms with E-state index in [0.717, 1.165) is 4.47 Å². The molecule has 2 aromatic carbocycles. The molecular weight excluding hydrogens is 458 g/mol. The Kier molecular flexibility index (Phi) is 6.19. The van der Waals surface area contributed by atoms with Crippen LogP contribution in [0.3, 0.4) is 0 Å². The summed E-state index contributed by atoms with van der Waals surface area (Å²) in [6.07, 6.45) is 1.72. The van der Waals surface area contributed by atoms with E-state index < -0.39 is 21.7 Å². The zero-order valence-corrected chi connectivity index (χ0v) is 17.8. The maximum absolute atomic E-state index is 12.5. The van der Waals surface area contributed by atoms with Crippen molar-refractivity contribution in [2.45, 2.75) is 10.6 Å². The summed E-state index contributed by atoms with van der Waals surface area (Å²) in [4.78, 5) is 24.8. The minimum Gasteiger partial charge on any atom is -0.345 e. The van der Waals surface area contributed by atoms with E-state index >= 15 is 0 Å². The summed E-state index contributed by atoms with van der Waals surface area (Å²) >= 11 is 3.28. The Morgan fingerprint density at radius 3 is 2.31 bits per heavy atom. The van der Waals surface area contributed by atoms with Crippen LogP contribution in [-0.2, 0) is 22.6 Å². The molecule has 1 aromatic heterocycles. The second-order valence-corrected chi connectivity index (χ2v) is 9.24. The van der Waals surface area contributed by atoms with Crippen LogP contribution in [0.4, 0.5) is 0 Å². The molecular formula is C20H18BrN3O4S. The third kappa shape index (κ3) is 5.12. The molecule has 0 spiro atoms. The monoisotopic (exact) mass is 475 g/mol. The molecule has 29 heavy (non-hydrogen) atoms. The average molecular weight is 476 g/mol. The van der Waals surface area contributed by atoms with Crippen molar-refractivity contribution in [2.75, 3.05) is 0 Å². The summed E-state index contributed by atoms with van der Waals surface area (Å²) in [5.41, 5.74) is 5.75. The molecule has 3 aromatic rings. The quantitative estimate of drug-likeness (QED) is 0.554. The first-order chi connectivity index (χ1) is 13.8. The highest BCUT2D eigenvalue weighted by Gasteiger charge is 2.17. The molecule has 7 nitrogen and oxygen atoms in total. The van der Waals surface area contributed by atoms with Gasteiger partial charge in [-0.25, -0.2) is 8.42 Å². The molecule has 3 rings (SSSR count). The summed E-state index contributed by atoms with van der Waals surface area (Å²) in [5, 5.41) is 0. The van der Waals surface area contributed by atoms with Gasteiger partial charge in [0.25, 0.3) is 11.8 Å². The maximum Gasteiger partial charge on any atom is 0.286 e. The number of rotatable bonds is 5. The molecule has 9 heteroatoms. The van der Waals surface area contributed by atoms with E-state index in [1.54, 1.807) is 60.3 Å². The fourth-order valence-electron chi connectivity index (χ4n) is 2.73. The molecule has 2 N–H and O–H groups in total. The molecule has 0 bridgehead atoms. The normalized spacial score (nSPS) is 11.1. The Morgan fingerprint density at radius 1 is 0.966 bits per heavy atom. The maximum atomic E-state index is 12.5. The largest absolute Gasteiger partial charge is 0.345 e. The lowest BCUT2D eigenvalue weighted by molar-refractivity contribution is 0.0842. The van der Waals surface area contributed by atoms with Gasteiger partial charge >= 0.3 is 0 Å². The molecule has 1 heterocycles. The molecule has 0 fully saturated rings. The lowest BCUT2D eigenvalue weighted by atomic mass is 10.1. The topological polar surface area (TPSA) is 97.3 Å². The van der Waals surface area contributed by atoms with Gasteiger partial charge in [-0.05, 0) is 51.8 Å². The van der Waals surface area contributed by atoms with Gasteiger partial charge in [0.15, 0.2) is 9.84 Å². The van der Waals surface area contributed by atoms with Gasteiger partial charge in [0.05, 0.1) is 10.6 Å². The molecule has 0 aliphatic heterocycles. The van der Waals surface area contributed by atoms with E-state index in [9.17, 15) is 18.0 Å². The zero-order valence-electron chi connectivity index (χ0n) is 15.4. The van der Waals surface area contributed by atoms with Gasteiger partial charge in [0, 0.05) is 23.3 Å². The van der Waals surface area contributed by atoms with Crippen molar-refractivity contribution in [3.05, 3.63) is 88.2 Å². The van der Waals surface area contributed by atoms with Gasteiger partial charge < -0.3 is 4.57 Å². The van der Waals surface area contributed by atoms with Gasteiger partial charge in [-0.15, -0.1) is 0 Å². The number of nitrogens with zero attached hydrogens (tertiary/aromatic N) is 1. The van der Waals surface area contributed by atoms with E-state index in [1.807, 2.05) is 0 Å². The molecule has 0 radical (unpaired) electrons. The predicted octanol–water partition coefficient (Wildman–Crippen LogP) is 2.84. The summed E-state index contributed by atoms with van der Waals surface area (Å²) in [7, 11) is -1.82. The van der Waals surface area contributed by atoms with Gasteiger partial charge in [0.1, 0.15) is 5.69 Å². The summed E-state index contributed by atoms with van der Waals surface area (Å²) in [6, 6.07) is 16.0. The summed E-state index contributed by atoms with van der Waals surface area (Å²) in [6.45, 7) is 0. The van der Waals surface area contributed by atoms with Crippen molar-refractivity contribution < 1.29 is 18.0 Å². The number of halogens is 1. The molecule has 0 aliphatic rings. The highest BCUT2D eigenvalue weighted by molar-refractivity contribution is 9.10. The molecule has 0 saturated carbocycles. The Labute approximate surface area is 176 Å². The van der Waals surface area contributed by atoms with Crippen LogP contribution >= 0.6 is 15.9 Å². The second kappa shape index (κ2) is 8.62. The van der Waals surface area contributed by atoms with Crippen LogP contribution < -0.4 is 10.9 Å². The minimum atomic E-state index is -3.53. The first-order valence-corrected chi connectivity index (χ1v) is 11.0. The van der Waals surface area contributed by atoms with Gasteiger partial charge in [0.2, 0.25) is 0 Å². The number of sulfone groups is 1. The summed E-state index contributed by atoms with van der Waals surface area (Å²) in [5.74, 6) is -1.26. The second-order valence-electron chi connectivity index (χ2n) is 6.34. The van der Waals surface area contributed by atoms with E-state index in [2.05, 4.69) is 26.8 Å². The van der Waals surface area contributed by atoms with E-state index in [4.69, 9.17) is 0 Å². The lowest BCUT2D eigenvalue weighted by Crippen LogP contribution is -2.42. The minimum absolute atomic E-state index is 0.218.